The first-order valence-electron chi connectivity index (χ1n) is 16.3. The van der Waals surface area contributed by atoms with Crippen LogP contribution in [0.15, 0.2) is 97.1 Å². The van der Waals surface area contributed by atoms with Crippen LogP contribution in [0.25, 0.3) is 0 Å². The molecule has 10 heteroatoms. The summed E-state index contributed by atoms with van der Waals surface area (Å²) >= 11 is 6.19. The van der Waals surface area contributed by atoms with Crippen molar-refractivity contribution >= 4 is 23.7 Å². The molecule has 0 radical (unpaired) electrons. The molecule has 9 nitrogen and oxygen atoms in total. The first-order valence-corrected chi connectivity index (χ1v) is 16.6. The minimum atomic E-state index is -0.623. The van der Waals surface area contributed by atoms with E-state index in [1.54, 1.807) is 12.1 Å². The number of nitrogens with zero attached hydrogens (tertiary/aromatic N) is 2. The first-order chi connectivity index (χ1) is 23.4. The average molecular weight is 672 g/mol. The molecule has 1 aliphatic heterocycles. The SMILES string of the molecule is COC(=O)c1cc(CCCCNC(=O)Oc2ccccc2O)ccc1OCCN1CCN(C(c2ccccc2)c2ccc(Cl)cc2)CC1. The van der Waals surface area contributed by atoms with Crippen LogP contribution in [0.1, 0.15) is 45.9 Å². The van der Waals surface area contributed by atoms with E-state index in [-0.39, 0.29) is 17.5 Å². The maximum Gasteiger partial charge on any atom is 0.412 e. The third kappa shape index (κ3) is 9.73. The Bertz CT molecular complexity index is 1630. The van der Waals surface area contributed by atoms with Crippen molar-refractivity contribution in [3.63, 3.8) is 0 Å². The van der Waals surface area contributed by atoms with E-state index in [0.717, 1.165) is 49.7 Å². The molecule has 1 fully saturated rings. The second-order valence-electron chi connectivity index (χ2n) is 11.7. The number of hydrogen-bond donors (Lipinski definition) is 2. The third-order valence-corrected chi connectivity index (χ3v) is 8.67. The molecule has 1 saturated heterocycles. The number of aromatic hydroxyl groups is 1. The Morgan fingerprint density at radius 2 is 1.56 bits per heavy atom. The van der Waals surface area contributed by atoms with Crippen molar-refractivity contribution in [1.82, 2.24) is 15.1 Å². The number of para-hydroxylation sites is 2. The summed E-state index contributed by atoms with van der Waals surface area (Å²) in [5, 5.41) is 13.2. The number of carbonyl (C=O) groups excluding carboxylic acids is 2. The molecule has 0 bridgehead atoms. The number of phenols is 1. The average Bonchev–Trinajstić information content (AvgIpc) is 3.11. The lowest BCUT2D eigenvalue weighted by atomic mass is 9.96. The lowest BCUT2D eigenvalue weighted by Gasteiger charge is -2.39. The smallest absolute Gasteiger partial charge is 0.412 e. The molecule has 4 aromatic carbocycles. The number of esters is 1. The van der Waals surface area contributed by atoms with Crippen molar-refractivity contribution < 1.29 is 28.9 Å². The highest BCUT2D eigenvalue weighted by Crippen LogP contribution is 2.31. The van der Waals surface area contributed by atoms with Crippen LogP contribution in [0.2, 0.25) is 5.02 Å². The van der Waals surface area contributed by atoms with Gasteiger partial charge in [-0.15, -0.1) is 0 Å². The summed E-state index contributed by atoms with van der Waals surface area (Å²) in [6.07, 6.45) is 1.58. The van der Waals surface area contributed by atoms with Gasteiger partial charge < -0.3 is 24.6 Å². The Morgan fingerprint density at radius 1 is 0.854 bits per heavy atom. The molecule has 1 atom stereocenters. The zero-order valence-electron chi connectivity index (χ0n) is 27.1. The number of aryl methyl sites for hydroxylation is 1. The van der Waals surface area contributed by atoms with Gasteiger partial charge in [-0.05, 0) is 72.4 Å². The Hall–Kier alpha value is -4.57. The molecule has 0 spiro atoms. The van der Waals surface area contributed by atoms with Gasteiger partial charge in [-0.1, -0.05) is 72.3 Å². The highest BCUT2D eigenvalue weighted by molar-refractivity contribution is 6.30. The maximum absolute atomic E-state index is 12.6. The summed E-state index contributed by atoms with van der Waals surface area (Å²) in [5.41, 5.74) is 3.86. The van der Waals surface area contributed by atoms with Gasteiger partial charge in [-0.2, -0.15) is 0 Å². The van der Waals surface area contributed by atoms with Crippen LogP contribution in [0.4, 0.5) is 4.79 Å². The molecule has 252 valence electrons. The number of rotatable bonds is 14. The van der Waals surface area contributed by atoms with Crippen LogP contribution in [-0.2, 0) is 11.2 Å². The first kappa shape index (κ1) is 34.8. The van der Waals surface area contributed by atoms with Crippen LogP contribution >= 0.6 is 11.6 Å². The molecule has 5 rings (SSSR count). The number of phenolic OH excluding ortho intramolecular Hbond substituents is 1. The zero-order valence-corrected chi connectivity index (χ0v) is 27.9. The molecular weight excluding hydrogens is 630 g/mol. The van der Waals surface area contributed by atoms with Gasteiger partial charge in [-0.25, -0.2) is 9.59 Å². The fourth-order valence-corrected chi connectivity index (χ4v) is 6.00. The molecule has 0 aliphatic carbocycles. The molecule has 1 unspecified atom stereocenters. The number of halogens is 1. The Kier molecular flexibility index (Phi) is 12.7. The number of amides is 1. The number of ether oxygens (including phenoxy) is 3. The summed E-state index contributed by atoms with van der Waals surface area (Å²) in [5.74, 6) is 0.0769. The van der Waals surface area contributed by atoms with Gasteiger partial charge >= 0.3 is 12.1 Å². The number of benzene rings is 4. The van der Waals surface area contributed by atoms with Gasteiger partial charge in [0.15, 0.2) is 11.5 Å². The number of piperazine rings is 1. The van der Waals surface area contributed by atoms with Gasteiger partial charge in [0.25, 0.3) is 0 Å². The van der Waals surface area contributed by atoms with Crippen molar-refractivity contribution in [3.8, 4) is 17.2 Å². The van der Waals surface area contributed by atoms with E-state index < -0.39 is 12.1 Å². The van der Waals surface area contributed by atoms with Crippen molar-refractivity contribution in [1.29, 1.82) is 0 Å². The van der Waals surface area contributed by atoms with Crippen molar-refractivity contribution in [2.24, 2.45) is 0 Å². The summed E-state index contributed by atoms with van der Waals surface area (Å²) in [4.78, 5) is 29.5. The van der Waals surface area contributed by atoms with E-state index in [2.05, 4.69) is 51.5 Å². The minimum absolute atomic E-state index is 0.0947. The fourth-order valence-electron chi connectivity index (χ4n) is 5.88. The van der Waals surface area contributed by atoms with Crippen LogP contribution in [0.5, 0.6) is 17.2 Å². The molecule has 1 heterocycles. The summed E-state index contributed by atoms with van der Waals surface area (Å²) in [7, 11) is 1.37. The van der Waals surface area contributed by atoms with Gasteiger partial charge in [0.1, 0.15) is 17.9 Å². The summed E-state index contributed by atoms with van der Waals surface area (Å²) in [6, 6.07) is 30.8. The molecule has 1 amide bonds. The number of hydrogen-bond acceptors (Lipinski definition) is 8. The van der Waals surface area contributed by atoms with Gasteiger partial charge in [-0.3, -0.25) is 9.80 Å². The molecule has 2 N–H and O–H groups in total. The second kappa shape index (κ2) is 17.5. The van der Waals surface area contributed by atoms with Crippen LogP contribution in [0.3, 0.4) is 0 Å². The van der Waals surface area contributed by atoms with E-state index in [1.165, 1.54) is 30.4 Å². The van der Waals surface area contributed by atoms with Crippen molar-refractivity contribution in [2.75, 3.05) is 53.0 Å². The van der Waals surface area contributed by atoms with Crippen molar-refractivity contribution in [2.45, 2.75) is 25.3 Å². The van der Waals surface area contributed by atoms with Crippen LogP contribution in [-0.4, -0.2) is 80.0 Å². The second-order valence-corrected chi connectivity index (χ2v) is 12.1. The Morgan fingerprint density at radius 3 is 2.29 bits per heavy atom. The molecule has 0 aromatic heterocycles. The third-order valence-electron chi connectivity index (χ3n) is 8.42. The largest absolute Gasteiger partial charge is 0.504 e. The normalized spacial score (nSPS) is 14.2. The van der Waals surface area contributed by atoms with Crippen molar-refractivity contribution in [3.05, 3.63) is 124 Å². The summed E-state index contributed by atoms with van der Waals surface area (Å²) < 4.78 is 16.3. The fraction of sp³-hybridized carbons (Fsp3) is 0.316. The van der Waals surface area contributed by atoms with E-state index >= 15 is 0 Å². The van der Waals surface area contributed by atoms with Crippen LogP contribution < -0.4 is 14.8 Å². The van der Waals surface area contributed by atoms with E-state index in [1.807, 2.05) is 36.4 Å². The number of unbranched alkanes of at least 4 members (excludes halogenated alkanes) is 1. The minimum Gasteiger partial charge on any atom is -0.504 e. The molecule has 4 aromatic rings. The highest BCUT2D eigenvalue weighted by atomic mass is 35.5. The Labute approximate surface area is 287 Å². The standard InChI is InChI=1S/C38H42ClN3O6/c1-46-37(44)32-27-28(9-7-8-20-40-38(45)48-35-13-6-5-12-33(35)43)14-19-34(32)47-26-25-41-21-23-42(24-22-41)36(29-10-3-2-4-11-29)30-15-17-31(39)18-16-30/h2-6,10-19,27,36,43H,7-9,20-26H2,1H3,(H,40,45). The van der Waals surface area contributed by atoms with E-state index in [4.69, 9.17) is 25.8 Å². The lowest BCUT2D eigenvalue weighted by molar-refractivity contribution is 0.0593. The number of carbonyl (C=O) groups is 2. The molecule has 48 heavy (non-hydrogen) atoms. The summed E-state index contributed by atoms with van der Waals surface area (Å²) in [6.45, 7) is 5.25. The quantitative estimate of drug-likeness (QED) is 0.112. The predicted molar refractivity (Wildman–Crippen MR) is 186 cm³/mol. The zero-order chi connectivity index (χ0) is 33.7. The molecule has 1 aliphatic rings. The highest BCUT2D eigenvalue weighted by Gasteiger charge is 2.26. The van der Waals surface area contributed by atoms with Gasteiger partial charge in [0, 0.05) is 44.3 Å². The number of methoxy groups -OCH3 is 1. The monoisotopic (exact) mass is 671 g/mol. The predicted octanol–water partition coefficient (Wildman–Crippen LogP) is 6.73. The van der Waals surface area contributed by atoms with Crippen LogP contribution in [0, 0.1) is 0 Å². The van der Waals surface area contributed by atoms with E-state index in [0.29, 0.717) is 37.3 Å². The lowest BCUT2D eigenvalue weighted by Crippen LogP contribution is -2.48. The number of nitrogens with one attached hydrogen (secondary N) is 1. The topological polar surface area (TPSA) is 101 Å². The molecule has 0 saturated carbocycles. The van der Waals surface area contributed by atoms with Gasteiger partial charge in [0.2, 0.25) is 0 Å². The maximum atomic E-state index is 12.6. The molecular formula is C38H42ClN3O6. The van der Waals surface area contributed by atoms with Gasteiger partial charge in [0.05, 0.1) is 13.2 Å². The van der Waals surface area contributed by atoms with E-state index in [9.17, 15) is 14.7 Å². The Balaban J connectivity index is 1.07.